The van der Waals surface area contributed by atoms with Crippen molar-refractivity contribution in [3.63, 3.8) is 0 Å². The molecule has 0 bridgehead atoms. The predicted molar refractivity (Wildman–Crippen MR) is 30.5 cm³/mol. The Labute approximate surface area is 49.1 Å². The molecular weight excluding hydrogens is 101 g/mol. The van der Waals surface area contributed by atoms with Crippen LogP contribution in [0.5, 0.6) is 0 Å². The molecule has 1 atom stereocenters. The lowest BCUT2D eigenvalue weighted by Gasteiger charge is -2.00. The zero-order chi connectivity index (χ0) is 5.98. The van der Waals surface area contributed by atoms with Gasteiger partial charge in [-0.05, 0) is 0 Å². The molecule has 1 aromatic rings. The second-order valence-corrected chi connectivity index (χ2v) is 1.62. The molecule has 0 aliphatic rings. The summed E-state index contributed by atoms with van der Waals surface area (Å²) in [6.45, 7) is 1.84. The van der Waals surface area contributed by atoms with Crippen molar-refractivity contribution in [1.82, 2.24) is 14.8 Å². The summed E-state index contributed by atoms with van der Waals surface area (Å²) >= 11 is 0. The first kappa shape index (κ1) is 5.34. The first-order valence-corrected chi connectivity index (χ1v) is 2.40. The van der Waals surface area contributed by atoms with Crippen molar-refractivity contribution >= 4 is 7.85 Å². The van der Waals surface area contributed by atoms with Gasteiger partial charge in [0.05, 0.1) is 0 Å². The van der Waals surface area contributed by atoms with E-state index >= 15 is 0 Å². The molecule has 0 amide bonds. The molecule has 1 heterocycles. The van der Waals surface area contributed by atoms with Crippen LogP contribution in [-0.2, 0) is 0 Å². The lowest BCUT2D eigenvalue weighted by Crippen LogP contribution is -2.03. The Kier molecular flexibility index (Phi) is 1.33. The highest BCUT2D eigenvalue weighted by molar-refractivity contribution is 6.09. The van der Waals surface area contributed by atoms with Crippen LogP contribution in [0.3, 0.4) is 0 Å². The minimum atomic E-state index is -0.0718. The van der Waals surface area contributed by atoms with E-state index in [1.807, 2.05) is 6.92 Å². The van der Waals surface area contributed by atoms with Crippen LogP contribution in [0.25, 0.3) is 0 Å². The van der Waals surface area contributed by atoms with Crippen LogP contribution in [0, 0.1) is 0 Å². The smallest absolute Gasteiger partial charge is 0.137 e. The highest BCUT2D eigenvalue weighted by Crippen LogP contribution is 1.91. The van der Waals surface area contributed by atoms with Gasteiger partial charge < -0.3 is 0 Å². The van der Waals surface area contributed by atoms with Gasteiger partial charge in [-0.1, -0.05) is 6.92 Å². The molecule has 4 heteroatoms. The maximum Gasteiger partial charge on any atom is 0.137 e. The number of hydrogen-bond acceptors (Lipinski definition) is 2. The molecule has 3 nitrogen and oxygen atoms in total. The number of aromatic nitrogens is 3. The van der Waals surface area contributed by atoms with Crippen LogP contribution in [0.4, 0.5) is 0 Å². The normalized spacial score (nSPS) is 13.6. The topological polar surface area (TPSA) is 30.7 Å². The number of hydrogen-bond donors (Lipinski definition) is 0. The summed E-state index contributed by atoms with van der Waals surface area (Å²) < 4.78 is 1.58. The molecule has 0 aliphatic carbocycles. The van der Waals surface area contributed by atoms with E-state index in [9.17, 15) is 0 Å². The van der Waals surface area contributed by atoms with E-state index in [0.29, 0.717) is 0 Å². The van der Waals surface area contributed by atoms with Crippen molar-refractivity contribution in [2.45, 2.75) is 12.9 Å². The van der Waals surface area contributed by atoms with E-state index in [1.54, 1.807) is 11.0 Å². The van der Waals surface area contributed by atoms with Crippen LogP contribution in [-0.4, -0.2) is 22.6 Å². The van der Waals surface area contributed by atoms with Crippen molar-refractivity contribution < 1.29 is 0 Å². The molecule has 1 aromatic heterocycles. The Morgan fingerprint density at radius 1 is 1.75 bits per heavy atom. The van der Waals surface area contributed by atoms with Gasteiger partial charge in [-0.2, -0.15) is 5.10 Å². The minimum absolute atomic E-state index is 0.0718. The summed E-state index contributed by atoms with van der Waals surface area (Å²) in [4.78, 5) is 3.72. The Balaban J connectivity index is 2.77. The van der Waals surface area contributed by atoms with E-state index in [-0.39, 0.29) is 5.94 Å². The fourth-order valence-corrected chi connectivity index (χ4v) is 0.428. The van der Waals surface area contributed by atoms with Gasteiger partial charge in [0.25, 0.3) is 0 Å². The fraction of sp³-hybridized carbons (Fsp3) is 0.500. The van der Waals surface area contributed by atoms with Crippen LogP contribution >= 0.6 is 0 Å². The van der Waals surface area contributed by atoms with Gasteiger partial charge in [0.1, 0.15) is 20.5 Å². The van der Waals surface area contributed by atoms with Crippen LogP contribution in [0.2, 0.25) is 0 Å². The molecule has 2 radical (unpaired) electrons. The molecule has 1 unspecified atom stereocenters. The second kappa shape index (κ2) is 1.98. The molecule has 0 aliphatic heterocycles. The summed E-state index contributed by atoms with van der Waals surface area (Å²) in [5.41, 5.74) is 0. The molecule has 0 spiro atoms. The summed E-state index contributed by atoms with van der Waals surface area (Å²) in [7, 11) is 5.42. The van der Waals surface area contributed by atoms with E-state index in [0.717, 1.165) is 0 Å². The second-order valence-electron chi connectivity index (χ2n) is 1.62. The Morgan fingerprint density at radius 2 is 2.50 bits per heavy atom. The van der Waals surface area contributed by atoms with Gasteiger partial charge in [-0.3, -0.25) is 4.68 Å². The largest absolute Gasteiger partial charge is 0.259 e. The average molecular weight is 107 g/mol. The van der Waals surface area contributed by atoms with Gasteiger partial charge in [-0.15, -0.1) is 0 Å². The molecule has 40 valence electrons. The monoisotopic (exact) mass is 107 g/mol. The van der Waals surface area contributed by atoms with Gasteiger partial charge >= 0.3 is 0 Å². The lowest BCUT2D eigenvalue weighted by atomic mass is 10.00. The maximum absolute atomic E-state index is 5.42. The van der Waals surface area contributed by atoms with Crippen molar-refractivity contribution in [2.24, 2.45) is 0 Å². The summed E-state index contributed by atoms with van der Waals surface area (Å²) in [6, 6.07) is 0. The average Bonchev–Trinajstić information content (AvgIpc) is 2.12. The first-order chi connectivity index (χ1) is 3.80. The molecule has 0 aromatic carbocycles. The SMILES string of the molecule is [B]C(C)n1cncn1. The van der Waals surface area contributed by atoms with Gasteiger partial charge in [0.15, 0.2) is 0 Å². The summed E-state index contributed by atoms with van der Waals surface area (Å²) in [6.07, 6.45) is 3.05. The van der Waals surface area contributed by atoms with E-state index in [2.05, 4.69) is 10.1 Å². The Hall–Kier alpha value is -0.795. The number of nitrogens with zero attached hydrogens (tertiary/aromatic N) is 3. The molecule has 8 heavy (non-hydrogen) atoms. The molecular formula is C4H6BN3. The van der Waals surface area contributed by atoms with Crippen molar-refractivity contribution in [3.05, 3.63) is 12.7 Å². The lowest BCUT2D eigenvalue weighted by molar-refractivity contribution is 0.630. The minimum Gasteiger partial charge on any atom is -0.259 e. The van der Waals surface area contributed by atoms with E-state index in [4.69, 9.17) is 7.85 Å². The third-order valence-electron chi connectivity index (χ3n) is 0.854. The highest BCUT2D eigenvalue weighted by Gasteiger charge is 1.92. The molecule has 0 saturated carbocycles. The maximum atomic E-state index is 5.42. The molecule has 0 saturated heterocycles. The third kappa shape index (κ3) is 0.884. The molecule has 1 rings (SSSR count). The Morgan fingerprint density at radius 3 is 2.75 bits per heavy atom. The molecule has 0 fully saturated rings. The van der Waals surface area contributed by atoms with E-state index < -0.39 is 0 Å². The summed E-state index contributed by atoms with van der Waals surface area (Å²) in [5, 5.41) is 3.80. The van der Waals surface area contributed by atoms with Gasteiger partial charge in [0.2, 0.25) is 0 Å². The van der Waals surface area contributed by atoms with Crippen molar-refractivity contribution in [1.29, 1.82) is 0 Å². The standard InChI is InChI=1S/C4H6BN3/c1-4(5)8-3-6-2-7-8/h2-4H,1H3. The Bertz CT molecular complexity index is 146. The van der Waals surface area contributed by atoms with Crippen molar-refractivity contribution in [3.8, 4) is 0 Å². The van der Waals surface area contributed by atoms with Crippen LogP contribution in [0.1, 0.15) is 12.9 Å². The fourth-order valence-electron chi connectivity index (χ4n) is 0.428. The summed E-state index contributed by atoms with van der Waals surface area (Å²) in [5.74, 6) is -0.0718. The zero-order valence-electron chi connectivity index (χ0n) is 4.65. The first-order valence-electron chi connectivity index (χ1n) is 2.40. The molecule has 0 N–H and O–H groups in total. The van der Waals surface area contributed by atoms with Crippen molar-refractivity contribution in [2.75, 3.05) is 0 Å². The van der Waals surface area contributed by atoms with Gasteiger partial charge in [0, 0.05) is 5.94 Å². The number of rotatable bonds is 1. The van der Waals surface area contributed by atoms with E-state index in [1.165, 1.54) is 6.33 Å². The predicted octanol–water partition coefficient (Wildman–Crippen LogP) is -0.0349. The van der Waals surface area contributed by atoms with Gasteiger partial charge in [-0.25, -0.2) is 4.98 Å². The van der Waals surface area contributed by atoms with Crippen LogP contribution < -0.4 is 0 Å². The van der Waals surface area contributed by atoms with Crippen LogP contribution in [0.15, 0.2) is 12.7 Å². The zero-order valence-corrected chi connectivity index (χ0v) is 4.65. The third-order valence-corrected chi connectivity index (χ3v) is 0.854. The quantitative estimate of drug-likeness (QED) is 0.471. The highest BCUT2D eigenvalue weighted by atomic mass is 15.3.